The summed E-state index contributed by atoms with van der Waals surface area (Å²) in [7, 11) is -1.93. The van der Waals surface area contributed by atoms with Crippen LogP contribution < -0.4 is 4.72 Å². The first kappa shape index (κ1) is 18.0. The van der Waals surface area contributed by atoms with Gasteiger partial charge in [0.2, 0.25) is 10.0 Å². The van der Waals surface area contributed by atoms with Crippen molar-refractivity contribution in [2.45, 2.75) is 18.4 Å². The number of carbonyl (C=O) groups excluding carboxylic acids is 1. The van der Waals surface area contributed by atoms with Crippen molar-refractivity contribution in [3.63, 3.8) is 0 Å². The topological polar surface area (TPSA) is 79.6 Å². The van der Waals surface area contributed by atoms with E-state index in [1.807, 2.05) is 19.1 Å². The molecule has 0 atom stereocenters. The van der Waals surface area contributed by atoms with Gasteiger partial charge in [-0.15, -0.1) is 6.58 Å². The van der Waals surface area contributed by atoms with Gasteiger partial charge in [0.05, 0.1) is 11.4 Å². The molecule has 2 rings (SSSR count). The molecule has 0 unspecified atom stereocenters. The van der Waals surface area contributed by atoms with E-state index in [0.29, 0.717) is 17.9 Å². The SMILES string of the molecule is C=CCNS(=O)(=O)c1ccc(C(=O)N(C)Cc2ccc(C)o2)cc1. The monoisotopic (exact) mass is 348 g/mol. The number of nitrogens with one attached hydrogen (secondary N) is 1. The molecule has 0 spiro atoms. The van der Waals surface area contributed by atoms with Crippen LogP contribution in [0.4, 0.5) is 0 Å². The summed E-state index contributed by atoms with van der Waals surface area (Å²) in [5, 5.41) is 0. The summed E-state index contributed by atoms with van der Waals surface area (Å²) in [6, 6.07) is 9.46. The highest BCUT2D eigenvalue weighted by Crippen LogP contribution is 2.14. The first-order valence-corrected chi connectivity index (χ1v) is 8.83. The van der Waals surface area contributed by atoms with Gasteiger partial charge in [-0.05, 0) is 43.3 Å². The molecule has 0 bridgehead atoms. The zero-order valence-electron chi connectivity index (χ0n) is 13.7. The average molecular weight is 348 g/mol. The Morgan fingerprint density at radius 2 is 1.92 bits per heavy atom. The Morgan fingerprint density at radius 3 is 2.46 bits per heavy atom. The smallest absolute Gasteiger partial charge is 0.254 e. The molecule has 0 saturated carbocycles. The van der Waals surface area contributed by atoms with Gasteiger partial charge in [-0.3, -0.25) is 4.79 Å². The number of carbonyl (C=O) groups is 1. The van der Waals surface area contributed by atoms with Gasteiger partial charge in [0.1, 0.15) is 11.5 Å². The summed E-state index contributed by atoms with van der Waals surface area (Å²) in [5.74, 6) is 1.26. The van der Waals surface area contributed by atoms with Gasteiger partial charge in [-0.1, -0.05) is 6.08 Å². The highest BCUT2D eigenvalue weighted by Gasteiger charge is 2.16. The molecular formula is C17H20N2O4S. The quantitative estimate of drug-likeness (QED) is 0.779. The molecule has 1 aromatic carbocycles. The highest BCUT2D eigenvalue weighted by atomic mass is 32.2. The molecule has 6 nitrogen and oxygen atoms in total. The third-order valence-corrected chi connectivity index (χ3v) is 4.80. The number of amides is 1. The van der Waals surface area contributed by atoms with Crippen LogP contribution >= 0.6 is 0 Å². The normalized spacial score (nSPS) is 11.2. The maximum absolute atomic E-state index is 12.4. The van der Waals surface area contributed by atoms with Crippen molar-refractivity contribution in [2.24, 2.45) is 0 Å². The summed E-state index contributed by atoms with van der Waals surface area (Å²) >= 11 is 0. The molecule has 1 amide bonds. The fourth-order valence-corrected chi connectivity index (χ4v) is 3.12. The van der Waals surface area contributed by atoms with Crippen molar-refractivity contribution < 1.29 is 17.6 Å². The van der Waals surface area contributed by atoms with Crippen LogP contribution in [0.5, 0.6) is 0 Å². The molecule has 0 saturated heterocycles. The van der Waals surface area contributed by atoms with Crippen LogP contribution in [0, 0.1) is 6.92 Å². The molecule has 128 valence electrons. The van der Waals surface area contributed by atoms with E-state index in [2.05, 4.69) is 11.3 Å². The van der Waals surface area contributed by atoms with Crippen molar-refractivity contribution in [3.8, 4) is 0 Å². The predicted octanol–water partition coefficient (Wildman–Crippen LogP) is 2.32. The van der Waals surface area contributed by atoms with Crippen molar-refractivity contribution in [2.75, 3.05) is 13.6 Å². The number of nitrogens with zero attached hydrogens (tertiary/aromatic N) is 1. The lowest BCUT2D eigenvalue weighted by Crippen LogP contribution is -2.26. The number of sulfonamides is 1. The number of hydrogen-bond donors (Lipinski definition) is 1. The van der Waals surface area contributed by atoms with E-state index in [-0.39, 0.29) is 17.3 Å². The number of hydrogen-bond acceptors (Lipinski definition) is 4. The molecular weight excluding hydrogens is 328 g/mol. The Kier molecular flexibility index (Phi) is 5.58. The lowest BCUT2D eigenvalue weighted by atomic mass is 10.2. The zero-order valence-corrected chi connectivity index (χ0v) is 14.5. The molecule has 2 aromatic rings. The first-order chi connectivity index (χ1) is 11.3. The molecule has 0 aliphatic heterocycles. The minimum absolute atomic E-state index is 0.102. The van der Waals surface area contributed by atoms with Crippen LogP contribution in [0.2, 0.25) is 0 Å². The van der Waals surface area contributed by atoms with E-state index in [0.717, 1.165) is 5.76 Å². The molecule has 24 heavy (non-hydrogen) atoms. The minimum atomic E-state index is -3.59. The van der Waals surface area contributed by atoms with Crippen LogP contribution in [0.1, 0.15) is 21.9 Å². The Hall–Kier alpha value is -2.38. The lowest BCUT2D eigenvalue weighted by molar-refractivity contribution is 0.0775. The second-order valence-corrected chi connectivity index (χ2v) is 7.11. The molecule has 0 radical (unpaired) electrons. The number of benzene rings is 1. The summed E-state index contributed by atoms with van der Waals surface area (Å²) in [4.78, 5) is 14.0. The summed E-state index contributed by atoms with van der Waals surface area (Å²) in [6.45, 7) is 5.79. The number of aryl methyl sites for hydroxylation is 1. The maximum Gasteiger partial charge on any atom is 0.254 e. The highest BCUT2D eigenvalue weighted by molar-refractivity contribution is 7.89. The second kappa shape index (κ2) is 7.46. The van der Waals surface area contributed by atoms with Gasteiger partial charge in [-0.2, -0.15) is 0 Å². The minimum Gasteiger partial charge on any atom is -0.464 e. The van der Waals surface area contributed by atoms with Crippen LogP contribution in [-0.2, 0) is 16.6 Å². The maximum atomic E-state index is 12.4. The van der Waals surface area contributed by atoms with Gasteiger partial charge in [0, 0.05) is 19.2 Å². The van der Waals surface area contributed by atoms with E-state index in [9.17, 15) is 13.2 Å². The van der Waals surface area contributed by atoms with Crippen molar-refractivity contribution in [3.05, 3.63) is 66.1 Å². The second-order valence-electron chi connectivity index (χ2n) is 5.34. The van der Waals surface area contributed by atoms with E-state index >= 15 is 0 Å². The van der Waals surface area contributed by atoms with E-state index in [1.54, 1.807) is 7.05 Å². The third kappa shape index (κ3) is 4.33. The average Bonchev–Trinajstić information content (AvgIpc) is 2.97. The molecule has 0 fully saturated rings. The van der Waals surface area contributed by atoms with Crippen LogP contribution in [0.3, 0.4) is 0 Å². The Bertz CT molecular complexity index is 823. The summed E-state index contributed by atoms with van der Waals surface area (Å²) in [6.07, 6.45) is 1.46. The first-order valence-electron chi connectivity index (χ1n) is 7.35. The summed E-state index contributed by atoms with van der Waals surface area (Å²) < 4.78 is 31.8. The van der Waals surface area contributed by atoms with E-state index in [1.165, 1.54) is 35.2 Å². The standard InChI is InChI=1S/C17H20N2O4S/c1-4-11-18-24(21,22)16-9-6-14(7-10-16)17(20)19(3)12-15-8-5-13(2)23-15/h4-10,18H,1,11-12H2,2-3H3. The van der Waals surface area contributed by atoms with Crippen molar-refractivity contribution in [1.29, 1.82) is 0 Å². The number of furan rings is 1. The van der Waals surface area contributed by atoms with Crippen LogP contribution in [-0.4, -0.2) is 32.8 Å². The van der Waals surface area contributed by atoms with Crippen LogP contribution in [0.15, 0.2) is 58.4 Å². The molecule has 1 aromatic heterocycles. The molecule has 0 aliphatic carbocycles. The van der Waals surface area contributed by atoms with Gasteiger partial charge in [0.25, 0.3) is 5.91 Å². The predicted molar refractivity (Wildman–Crippen MR) is 91.1 cm³/mol. The zero-order chi connectivity index (χ0) is 17.7. The lowest BCUT2D eigenvalue weighted by Gasteiger charge is -2.16. The Balaban J connectivity index is 2.09. The van der Waals surface area contributed by atoms with Gasteiger partial charge in [0.15, 0.2) is 0 Å². The van der Waals surface area contributed by atoms with Gasteiger partial charge < -0.3 is 9.32 Å². The Labute approximate surface area is 141 Å². The molecule has 7 heteroatoms. The fourth-order valence-electron chi connectivity index (χ4n) is 2.12. The molecule has 1 heterocycles. The third-order valence-electron chi connectivity index (χ3n) is 3.36. The van der Waals surface area contributed by atoms with Gasteiger partial charge >= 0.3 is 0 Å². The largest absolute Gasteiger partial charge is 0.464 e. The van der Waals surface area contributed by atoms with Crippen molar-refractivity contribution >= 4 is 15.9 Å². The summed E-state index contributed by atoms with van der Waals surface area (Å²) in [5.41, 5.74) is 0.406. The Morgan fingerprint density at radius 1 is 1.25 bits per heavy atom. The fraction of sp³-hybridized carbons (Fsp3) is 0.235. The molecule has 0 aliphatic rings. The van der Waals surface area contributed by atoms with Crippen LogP contribution in [0.25, 0.3) is 0 Å². The number of rotatable bonds is 7. The molecule has 1 N–H and O–H groups in total. The van der Waals surface area contributed by atoms with E-state index in [4.69, 9.17) is 4.42 Å². The van der Waals surface area contributed by atoms with Crippen molar-refractivity contribution in [1.82, 2.24) is 9.62 Å². The van der Waals surface area contributed by atoms with Gasteiger partial charge in [-0.25, -0.2) is 13.1 Å². The van der Waals surface area contributed by atoms with E-state index < -0.39 is 10.0 Å².